The van der Waals surface area contributed by atoms with E-state index in [9.17, 15) is 0 Å². The molecule has 0 N–H and O–H groups in total. The van der Waals surface area contributed by atoms with Crippen molar-refractivity contribution in [3.63, 3.8) is 0 Å². The third-order valence-electron chi connectivity index (χ3n) is 3.31. The van der Waals surface area contributed by atoms with E-state index in [1.807, 2.05) is 62.4 Å². The molecular weight excluding hydrogens is 272 g/mol. The van der Waals surface area contributed by atoms with E-state index < -0.39 is 0 Å². The van der Waals surface area contributed by atoms with Crippen LogP contribution in [0.5, 0.6) is 0 Å². The van der Waals surface area contributed by atoms with Crippen molar-refractivity contribution >= 4 is 11.6 Å². The van der Waals surface area contributed by atoms with Gasteiger partial charge in [0.2, 0.25) is 0 Å². The molecule has 102 valence electrons. The first kappa shape index (κ1) is 13.1. The summed E-state index contributed by atoms with van der Waals surface area (Å²) in [6, 6.07) is 15.6. The maximum absolute atomic E-state index is 6.35. The van der Waals surface area contributed by atoms with Crippen LogP contribution in [0.1, 0.15) is 34.5 Å². The molecule has 2 heterocycles. The average Bonchev–Trinajstić information content (AvgIpc) is 3.02. The molecule has 0 radical (unpaired) electrons. The Balaban J connectivity index is 2.16. The molecule has 1 aromatic carbocycles. The summed E-state index contributed by atoms with van der Waals surface area (Å²) >= 11 is 6.35. The Kier molecular flexibility index (Phi) is 3.41. The van der Waals surface area contributed by atoms with Crippen LogP contribution < -0.4 is 0 Å². The van der Waals surface area contributed by atoms with Crippen molar-refractivity contribution in [3.8, 4) is 0 Å². The molecule has 0 bridgehead atoms. The summed E-state index contributed by atoms with van der Waals surface area (Å²) in [5.41, 5.74) is 0.984. The molecule has 0 atom stereocenters. The molecular formula is C17H15ClO2. The lowest BCUT2D eigenvalue weighted by Gasteiger charge is -2.14. The first-order valence-electron chi connectivity index (χ1n) is 6.52. The van der Waals surface area contributed by atoms with Crippen LogP contribution in [0, 0.1) is 13.8 Å². The van der Waals surface area contributed by atoms with E-state index in [0.717, 1.165) is 28.6 Å². The summed E-state index contributed by atoms with van der Waals surface area (Å²) in [7, 11) is 0. The number of halogens is 1. The third-order valence-corrected chi connectivity index (χ3v) is 3.65. The molecule has 3 rings (SSSR count). The van der Waals surface area contributed by atoms with Crippen LogP contribution >= 0.6 is 11.6 Å². The molecule has 0 aliphatic carbocycles. The highest BCUT2D eigenvalue weighted by atomic mass is 35.5. The van der Waals surface area contributed by atoms with Gasteiger partial charge in [0, 0.05) is 5.02 Å². The second kappa shape index (κ2) is 5.22. The van der Waals surface area contributed by atoms with Gasteiger partial charge in [0.25, 0.3) is 0 Å². The number of furan rings is 2. The highest BCUT2D eigenvalue weighted by Crippen LogP contribution is 2.37. The van der Waals surface area contributed by atoms with E-state index in [-0.39, 0.29) is 5.92 Å². The van der Waals surface area contributed by atoms with Crippen LogP contribution in [0.3, 0.4) is 0 Å². The number of rotatable bonds is 3. The fourth-order valence-electron chi connectivity index (χ4n) is 2.37. The molecule has 0 amide bonds. The van der Waals surface area contributed by atoms with Crippen molar-refractivity contribution < 1.29 is 8.83 Å². The molecule has 0 saturated heterocycles. The van der Waals surface area contributed by atoms with Crippen molar-refractivity contribution in [1.29, 1.82) is 0 Å². The van der Waals surface area contributed by atoms with E-state index in [0.29, 0.717) is 5.02 Å². The molecule has 3 heteroatoms. The lowest BCUT2D eigenvalue weighted by atomic mass is 9.94. The molecule has 0 spiro atoms. The Labute approximate surface area is 123 Å². The Hall–Kier alpha value is -1.93. The number of aryl methyl sites for hydroxylation is 2. The van der Waals surface area contributed by atoms with Gasteiger partial charge in [-0.1, -0.05) is 29.8 Å². The van der Waals surface area contributed by atoms with E-state index in [4.69, 9.17) is 20.4 Å². The zero-order chi connectivity index (χ0) is 14.1. The van der Waals surface area contributed by atoms with Crippen molar-refractivity contribution in [2.75, 3.05) is 0 Å². The van der Waals surface area contributed by atoms with Gasteiger partial charge in [0.1, 0.15) is 29.0 Å². The number of hydrogen-bond acceptors (Lipinski definition) is 2. The Morgan fingerprint density at radius 2 is 1.35 bits per heavy atom. The molecule has 20 heavy (non-hydrogen) atoms. The van der Waals surface area contributed by atoms with Gasteiger partial charge >= 0.3 is 0 Å². The smallest absolute Gasteiger partial charge is 0.119 e. The topological polar surface area (TPSA) is 26.3 Å². The number of benzene rings is 1. The second-order valence-corrected chi connectivity index (χ2v) is 5.26. The summed E-state index contributed by atoms with van der Waals surface area (Å²) in [5, 5.41) is 0.709. The molecule has 0 fully saturated rings. The van der Waals surface area contributed by atoms with Gasteiger partial charge in [-0.25, -0.2) is 0 Å². The summed E-state index contributed by atoms with van der Waals surface area (Å²) in [5.74, 6) is 3.31. The molecule has 0 aliphatic heterocycles. The fourth-order valence-corrected chi connectivity index (χ4v) is 2.62. The van der Waals surface area contributed by atoms with E-state index >= 15 is 0 Å². The maximum atomic E-state index is 6.35. The predicted octanol–water partition coefficient (Wildman–Crippen LogP) is 5.32. The third kappa shape index (κ3) is 2.39. The Bertz CT molecular complexity index is 684. The van der Waals surface area contributed by atoms with Crippen LogP contribution in [-0.2, 0) is 0 Å². The van der Waals surface area contributed by atoms with Crippen LogP contribution in [-0.4, -0.2) is 0 Å². The van der Waals surface area contributed by atoms with Gasteiger partial charge in [-0.15, -0.1) is 0 Å². The minimum absolute atomic E-state index is 0.119. The second-order valence-electron chi connectivity index (χ2n) is 4.85. The quantitative estimate of drug-likeness (QED) is 0.651. The monoisotopic (exact) mass is 286 g/mol. The zero-order valence-electron chi connectivity index (χ0n) is 11.4. The summed E-state index contributed by atoms with van der Waals surface area (Å²) in [4.78, 5) is 0. The van der Waals surface area contributed by atoms with Gasteiger partial charge < -0.3 is 8.83 Å². The lowest BCUT2D eigenvalue weighted by Crippen LogP contribution is -2.01. The van der Waals surface area contributed by atoms with Crippen molar-refractivity contribution in [1.82, 2.24) is 0 Å². The fraction of sp³-hybridized carbons (Fsp3) is 0.176. The van der Waals surface area contributed by atoms with E-state index in [2.05, 4.69) is 0 Å². The van der Waals surface area contributed by atoms with Gasteiger partial charge in [-0.3, -0.25) is 0 Å². The van der Waals surface area contributed by atoms with Crippen LogP contribution in [0.25, 0.3) is 0 Å². The Morgan fingerprint density at radius 3 is 1.80 bits per heavy atom. The molecule has 0 saturated carbocycles. The van der Waals surface area contributed by atoms with Crippen molar-refractivity contribution in [2.45, 2.75) is 19.8 Å². The molecule has 0 aliphatic rings. The first-order valence-corrected chi connectivity index (χ1v) is 6.90. The summed E-state index contributed by atoms with van der Waals surface area (Å²) < 4.78 is 11.6. The lowest BCUT2D eigenvalue weighted by molar-refractivity contribution is 0.428. The van der Waals surface area contributed by atoms with Gasteiger partial charge in [-0.2, -0.15) is 0 Å². The summed E-state index contributed by atoms with van der Waals surface area (Å²) in [6.45, 7) is 3.86. The van der Waals surface area contributed by atoms with Crippen LogP contribution in [0.2, 0.25) is 5.02 Å². The largest absolute Gasteiger partial charge is 0.465 e. The average molecular weight is 287 g/mol. The van der Waals surface area contributed by atoms with Crippen molar-refractivity contribution in [2.24, 2.45) is 0 Å². The predicted molar refractivity (Wildman–Crippen MR) is 79.3 cm³/mol. The number of hydrogen-bond donors (Lipinski definition) is 0. The zero-order valence-corrected chi connectivity index (χ0v) is 12.1. The van der Waals surface area contributed by atoms with E-state index in [1.54, 1.807) is 0 Å². The highest BCUT2D eigenvalue weighted by Gasteiger charge is 2.25. The standard InChI is InChI=1S/C17H15ClO2/c1-11-7-9-15(19-11)17(16-10-8-12(2)20-16)13-5-3-4-6-14(13)18/h3-10,17H,1-2H3. The SMILES string of the molecule is Cc1ccc(C(c2ccc(C)o2)c2ccccc2Cl)o1. The van der Waals surface area contributed by atoms with Crippen LogP contribution in [0.15, 0.2) is 57.4 Å². The van der Waals surface area contributed by atoms with E-state index in [1.165, 1.54) is 0 Å². The van der Waals surface area contributed by atoms with Crippen molar-refractivity contribution in [3.05, 3.63) is 82.2 Å². The first-order chi connectivity index (χ1) is 9.65. The molecule has 0 unspecified atom stereocenters. The molecule has 2 nitrogen and oxygen atoms in total. The molecule has 2 aromatic heterocycles. The Morgan fingerprint density at radius 1 is 0.800 bits per heavy atom. The van der Waals surface area contributed by atoms with Gasteiger partial charge in [-0.05, 0) is 49.7 Å². The minimum atomic E-state index is -0.119. The van der Waals surface area contributed by atoms with Gasteiger partial charge in [0.15, 0.2) is 0 Å². The highest BCUT2D eigenvalue weighted by molar-refractivity contribution is 6.31. The normalized spacial score (nSPS) is 11.2. The minimum Gasteiger partial charge on any atom is -0.465 e. The summed E-state index contributed by atoms with van der Waals surface area (Å²) in [6.07, 6.45) is 0. The van der Waals surface area contributed by atoms with Crippen LogP contribution in [0.4, 0.5) is 0 Å². The van der Waals surface area contributed by atoms with Gasteiger partial charge in [0.05, 0.1) is 0 Å². The maximum Gasteiger partial charge on any atom is 0.119 e. The molecule has 3 aromatic rings.